The molecule has 0 spiro atoms. The second kappa shape index (κ2) is 8.19. The van der Waals surface area contributed by atoms with Gasteiger partial charge in [-0.15, -0.1) is 0 Å². The molecule has 0 radical (unpaired) electrons. The number of imide groups is 1. The van der Waals surface area contributed by atoms with Crippen LogP contribution in [-0.4, -0.2) is 76.4 Å². The van der Waals surface area contributed by atoms with Crippen molar-refractivity contribution in [2.75, 3.05) is 19.6 Å². The summed E-state index contributed by atoms with van der Waals surface area (Å²) < 4.78 is 10.7. The number of hydrogen-bond donors (Lipinski definition) is 0. The monoisotopic (exact) mass is 419 g/mol. The average Bonchev–Trinajstić information content (AvgIpc) is 2.91. The molecule has 11 nitrogen and oxygen atoms in total. The average molecular weight is 419 g/mol. The van der Waals surface area contributed by atoms with E-state index >= 15 is 0 Å². The molecule has 1 aromatic rings. The minimum absolute atomic E-state index is 0.151. The van der Waals surface area contributed by atoms with Gasteiger partial charge >= 0.3 is 5.97 Å². The van der Waals surface area contributed by atoms with Crippen LogP contribution in [0.4, 0.5) is 5.69 Å². The predicted octanol–water partition coefficient (Wildman–Crippen LogP) is 0.758. The van der Waals surface area contributed by atoms with Crippen LogP contribution in [0.25, 0.3) is 0 Å². The second-order valence-electron chi connectivity index (χ2n) is 7.29. The largest absolute Gasteiger partial charge is 0.451 e. The number of rotatable bonds is 5. The fraction of sp³-hybridized carbons (Fsp3) is 0.474. The maximum Gasteiger partial charge on any atom is 0.326 e. The van der Waals surface area contributed by atoms with E-state index in [1.54, 1.807) is 0 Å². The summed E-state index contributed by atoms with van der Waals surface area (Å²) in [7, 11) is 0. The molecule has 1 aromatic carbocycles. The fourth-order valence-corrected chi connectivity index (χ4v) is 3.64. The molecule has 3 rings (SSSR count). The Bertz CT molecular complexity index is 920. The van der Waals surface area contributed by atoms with Crippen molar-refractivity contribution in [3.8, 4) is 0 Å². The molecule has 30 heavy (non-hydrogen) atoms. The van der Waals surface area contributed by atoms with E-state index in [2.05, 4.69) is 0 Å². The molecule has 2 aliphatic heterocycles. The minimum atomic E-state index is -1.13. The van der Waals surface area contributed by atoms with Gasteiger partial charge in [-0.1, -0.05) is 6.07 Å². The van der Waals surface area contributed by atoms with E-state index in [4.69, 9.17) is 9.47 Å². The zero-order valence-electron chi connectivity index (χ0n) is 16.7. The van der Waals surface area contributed by atoms with E-state index in [9.17, 15) is 29.3 Å². The van der Waals surface area contributed by atoms with Crippen molar-refractivity contribution >= 4 is 29.4 Å². The number of nitro groups is 1. The molecule has 3 amide bonds. The first-order chi connectivity index (χ1) is 14.1. The summed E-state index contributed by atoms with van der Waals surface area (Å²) in [5.41, 5.74) is -1.02. The zero-order chi connectivity index (χ0) is 22.2. The van der Waals surface area contributed by atoms with Crippen molar-refractivity contribution in [1.82, 2.24) is 9.80 Å². The highest BCUT2D eigenvalue weighted by atomic mass is 16.6. The summed E-state index contributed by atoms with van der Waals surface area (Å²) in [5.74, 6) is -3.16. The van der Waals surface area contributed by atoms with Crippen LogP contribution in [-0.2, 0) is 19.1 Å². The van der Waals surface area contributed by atoms with Gasteiger partial charge < -0.3 is 14.4 Å². The molecule has 0 aromatic heterocycles. The van der Waals surface area contributed by atoms with Gasteiger partial charge in [-0.3, -0.25) is 34.2 Å². The van der Waals surface area contributed by atoms with Gasteiger partial charge in [0.15, 0.2) is 6.10 Å². The number of hydrogen-bond acceptors (Lipinski definition) is 8. The van der Waals surface area contributed by atoms with Crippen LogP contribution in [0, 0.1) is 10.1 Å². The minimum Gasteiger partial charge on any atom is -0.451 e. The number of morpholine rings is 1. The van der Waals surface area contributed by atoms with Crippen LogP contribution >= 0.6 is 0 Å². The Balaban J connectivity index is 1.66. The highest BCUT2D eigenvalue weighted by molar-refractivity contribution is 6.24. The SMILES string of the molecule is CC1CN(C(=O)C(C)OC(=O)CN2C(=O)c3cccc([N+](=O)[O-])c3C2=O)CC(C)O1. The molecule has 3 unspecified atom stereocenters. The lowest BCUT2D eigenvalue weighted by Gasteiger charge is -2.36. The number of ether oxygens (including phenoxy) is 2. The summed E-state index contributed by atoms with van der Waals surface area (Å²) in [6.45, 7) is 5.01. The van der Waals surface area contributed by atoms with E-state index < -0.39 is 47.0 Å². The maximum atomic E-state index is 12.6. The third-order valence-corrected chi connectivity index (χ3v) is 4.85. The Labute approximate surface area is 171 Å². The normalized spacial score (nSPS) is 22.0. The van der Waals surface area contributed by atoms with Crippen molar-refractivity contribution in [2.45, 2.75) is 39.1 Å². The Morgan fingerprint density at radius 1 is 1.23 bits per heavy atom. The van der Waals surface area contributed by atoms with Crippen LogP contribution in [0.3, 0.4) is 0 Å². The molecule has 2 aliphatic rings. The fourth-order valence-electron chi connectivity index (χ4n) is 3.64. The van der Waals surface area contributed by atoms with Gasteiger partial charge in [0.05, 0.1) is 22.7 Å². The van der Waals surface area contributed by atoms with Crippen molar-refractivity contribution in [3.05, 3.63) is 39.4 Å². The molecular weight excluding hydrogens is 398 g/mol. The van der Waals surface area contributed by atoms with E-state index in [0.717, 1.165) is 6.07 Å². The first-order valence-corrected chi connectivity index (χ1v) is 9.37. The standard InChI is InChI=1S/C19H21N3O8/c1-10-7-20(8-11(2)29-10)17(24)12(3)30-15(23)9-21-18(25)13-5-4-6-14(22(27)28)16(13)19(21)26/h4-6,10-12H,7-9H2,1-3H3. The van der Waals surface area contributed by atoms with Crippen molar-refractivity contribution in [3.63, 3.8) is 0 Å². The van der Waals surface area contributed by atoms with Crippen LogP contribution in [0.2, 0.25) is 0 Å². The third-order valence-electron chi connectivity index (χ3n) is 4.85. The molecule has 3 atom stereocenters. The van der Waals surface area contributed by atoms with E-state index in [0.29, 0.717) is 18.0 Å². The topological polar surface area (TPSA) is 136 Å². The first-order valence-electron chi connectivity index (χ1n) is 9.37. The Hall–Kier alpha value is -3.34. The van der Waals surface area contributed by atoms with E-state index in [-0.39, 0.29) is 23.3 Å². The van der Waals surface area contributed by atoms with Crippen LogP contribution in [0.5, 0.6) is 0 Å². The molecule has 2 heterocycles. The zero-order valence-corrected chi connectivity index (χ0v) is 16.7. The van der Waals surface area contributed by atoms with Crippen LogP contribution in [0.15, 0.2) is 18.2 Å². The van der Waals surface area contributed by atoms with Crippen LogP contribution < -0.4 is 0 Å². The van der Waals surface area contributed by atoms with Crippen molar-refractivity contribution in [2.24, 2.45) is 0 Å². The van der Waals surface area contributed by atoms with Gasteiger partial charge in [-0.05, 0) is 26.8 Å². The number of carbonyl (C=O) groups excluding carboxylic acids is 4. The summed E-state index contributed by atoms with van der Waals surface area (Å²) in [4.78, 5) is 62.3. The summed E-state index contributed by atoms with van der Waals surface area (Å²) in [6, 6.07) is 3.67. The number of nitrogens with zero attached hydrogens (tertiary/aromatic N) is 3. The number of amides is 3. The number of nitro benzene ring substituents is 1. The molecule has 1 saturated heterocycles. The van der Waals surface area contributed by atoms with Gasteiger partial charge in [-0.2, -0.15) is 0 Å². The molecule has 0 N–H and O–H groups in total. The first kappa shape index (κ1) is 21.4. The number of carbonyl (C=O) groups is 4. The number of benzene rings is 1. The lowest BCUT2D eigenvalue weighted by molar-refractivity contribution is -0.385. The van der Waals surface area contributed by atoms with Gasteiger partial charge in [0, 0.05) is 19.2 Å². The highest BCUT2D eigenvalue weighted by Gasteiger charge is 2.42. The highest BCUT2D eigenvalue weighted by Crippen LogP contribution is 2.30. The second-order valence-corrected chi connectivity index (χ2v) is 7.29. The molecule has 0 saturated carbocycles. The number of fused-ring (bicyclic) bond motifs is 1. The van der Waals surface area contributed by atoms with Gasteiger partial charge in [-0.25, -0.2) is 0 Å². The molecular formula is C19H21N3O8. The predicted molar refractivity (Wildman–Crippen MR) is 101 cm³/mol. The van der Waals surface area contributed by atoms with Gasteiger partial charge in [0.1, 0.15) is 12.1 Å². The third kappa shape index (κ3) is 4.01. The lowest BCUT2D eigenvalue weighted by Crippen LogP contribution is -2.51. The summed E-state index contributed by atoms with van der Waals surface area (Å²) >= 11 is 0. The van der Waals surface area contributed by atoms with Crippen molar-refractivity contribution in [1.29, 1.82) is 0 Å². The number of esters is 1. The van der Waals surface area contributed by atoms with Crippen LogP contribution in [0.1, 0.15) is 41.5 Å². The molecule has 0 aliphatic carbocycles. The Kier molecular flexibility index (Phi) is 5.83. The molecule has 0 bridgehead atoms. The molecule has 1 fully saturated rings. The summed E-state index contributed by atoms with van der Waals surface area (Å²) in [5, 5.41) is 11.1. The smallest absolute Gasteiger partial charge is 0.326 e. The Morgan fingerprint density at radius 2 is 1.87 bits per heavy atom. The summed E-state index contributed by atoms with van der Waals surface area (Å²) in [6.07, 6.45) is -1.44. The van der Waals surface area contributed by atoms with Crippen molar-refractivity contribution < 1.29 is 33.6 Å². The van der Waals surface area contributed by atoms with E-state index in [1.165, 1.54) is 24.0 Å². The van der Waals surface area contributed by atoms with Gasteiger partial charge in [0.2, 0.25) is 0 Å². The quantitative estimate of drug-likeness (QED) is 0.295. The lowest BCUT2D eigenvalue weighted by atomic mass is 10.1. The van der Waals surface area contributed by atoms with Gasteiger partial charge in [0.25, 0.3) is 23.4 Å². The van der Waals surface area contributed by atoms with E-state index in [1.807, 2.05) is 13.8 Å². The molecule has 160 valence electrons. The molecule has 11 heteroatoms. The Morgan fingerprint density at radius 3 is 2.47 bits per heavy atom. The maximum absolute atomic E-state index is 12.6.